The normalized spacial score (nSPS) is 17.2. The molecule has 0 bridgehead atoms. The highest BCUT2D eigenvalue weighted by Crippen LogP contribution is 2.31. The predicted molar refractivity (Wildman–Crippen MR) is 129 cm³/mol. The third kappa shape index (κ3) is 5.58. The summed E-state index contributed by atoms with van der Waals surface area (Å²) >= 11 is 0. The lowest BCUT2D eigenvalue weighted by Gasteiger charge is -2.31. The number of anilines is 2. The average molecular weight is 488 g/mol. The summed E-state index contributed by atoms with van der Waals surface area (Å²) in [5.74, 6) is 0.287. The first-order valence-electron chi connectivity index (χ1n) is 11.2. The number of sulfonamides is 1. The van der Waals surface area contributed by atoms with Gasteiger partial charge in [-0.15, -0.1) is 0 Å². The lowest BCUT2D eigenvalue weighted by Crippen LogP contribution is -2.40. The maximum atomic E-state index is 13.2. The third-order valence-electron chi connectivity index (χ3n) is 5.66. The van der Waals surface area contributed by atoms with Crippen molar-refractivity contribution >= 4 is 27.3 Å². The molecule has 0 aliphatic carbocycles. The summed E-state index contributed by atoms with van der Waals surface area (Å²) < 4.78 is 44.0. The van der Waals surface area contributed by atoms with E-state index in [0.717, 1.165) is 5.69 Å². The van der Waals surface area contributed by atoms with Gasteiger partial charge in [0.1, 0.15) is 12.4 Å². The molecule has 2 aliphatic rings. The highest BCUT2D eigenvalue weighted by Gasteiger charge is 2.28. The number of nitrogens with zero attached hydrogens (tertiary/aromatic N) is 2. The van der Waals surface area contributed by atoms with E-state index < -0.39 is 10.0 Å². The number of rotatable bonds is 8. The van der Waals surface area contributed by atoms with Gasteiger partial charge in [0.05, 0.1) is 42.7 Å². The van der Waals surface area contributed by atoms with Gasteiger partial charge in [-0.2, -0.15) is 4.31 Å². The minimum Gasteiger partial charge on any atom is -0.490 e. The smallest absolute Gasteiger partial charge is 0.255 e. The fourth-order valence-electron chi connectivity index (χ4n) is 3.84. The van der Waals surface area contributed by atoms with Crippen LogP contribution in [0.3, 0.4) is 0 Å². The van der Waals surface area contributed by atoms with E-state index in [0.29, 0.717) is 76.2 Å². The van der Waals surface area contributed by atoms with Crippen LogP contribution in [-0.4, -0.2) is 77.8 Å². The fourth-order valence-corrected chi connectivity index (χ4v) is 5.28. The molecule has 0 spiro atoms. The molecule has 2 aromatic carbocycles. The maximum absolute atomic E-state index is 13.2. The Morgan fingerprint density at radius 3 is 2.29 bits per heavy atom. The number of hydrogen-bond acceptors (Lipinski definition) is 7. The van der Waals surface area contributed by atoms with Crippen molar-refractivity contribution in [3.8, 4) is 5.75 Å². The molecule has 0 aromatic heterocycles. The summed E-state index contributed by atoms with van der Waals surface area (Å²) in [5.41, 5.74) is 1.62. The van der Waals surface area contributed by atoms with Gasteiger partial charge in [0.25, 0.3) is 5.91 Å². The molecule has 0 radical (unpaired) electrons. The van der Waals surface area contributed by atoms with E-state index in [9.17, 15) is 13.2 Å². The number of amides is 1. The number of nitrogens with one attached hydrogen (secondary N) is 1. The molecule has 34 heavy (non-hydrogen) atoms. The summed E-state index contributed by atoms with van der Waals surface area (Å²) in [6.07, 6.45) is 1.64. The molecule has 10 heteroatoms. The van der Waals surface area contributed by atoms with Gasteiger partial charge in [-0.3, -0.25) is 4.79 Å². The van der Waals surface area contributed by atoms with Crippen molar-refractivity contribution < 1.29 is 27.4 Å². The molecule has 0 atom stereocenters. The van der Waals surface area contributed by atoms with Crippen molar-refractivity contribution in [2.45, 2.75) is 4.90 Å². The highest BCUT2D eigenvalue weighted by atomic mass is 32.2. The first kappa shape index (κ1) is 24.2. The average Bonchev–Trinajstić information content (AvgIpc) is 2.88. The Hall–Kier alpha value is -2.92. The molecule has 2 fully saturated rings. The second kappa shape index (κ2) is 11.0. The first-order valence-corrected chi connectivity index (χ1v) is 12.6. The van der Waals surface area contributed by atoms with Gasteiger partial charge in [0.2, 0.25) is 10.0 Å². The van der Waals surface area contributed by atoms with Crippen LogP contribution in [0.2, 0.25) is 0 Å². The van der Waals surface area contributed by atoms with Crippen molar-refractivity contribution in [3.63, 3.8) is 0 Å². The fraction of sp³-hybridized carbons (Fsp3) is 0.375. The number of carbonyl (C=O) groups is 1. The van der Waals surface area contributed by atoms with Crippen LogP contribution in [-0.2, 0) is 19.5 Å². The second-order valence-electron chi connectivity index (χ2n) is 7.87. The first-order chi connectivity index (χ1) is 16.5. The van der Waals surface area contributed by atoms with E-state index in [1.807, 2.05) is 0 Å². The van der Waals surface area contributed by atoms with Crippen LogP contribution < -0.4 is 15.0 Å². The minimum atomic E-state index is -3.71. The standard InChI is InChI=1S/C24H29N3O6S/c1-2-13-33-20-5-3-19(4-6-20)24(28)25-22-18-21(34(29,30)27-11-16-32-17-12-27)7-8-23(22)26-9-14-31-15-10-26/h2-8,18H,1,9-17H2,(H,25,28). The van der Waals surface area contributed by atoms with Crippen LogP contribution in [0.5, 0.6) is 5.75 Å². The Kier molecular flexibility index (Phi) is 7.84. The molecule has 0 saturated carbocycles. The van der Waals surface area contributed by atoms with E-state index in [4.69, 9.17) is 14.2 Å². The zero-order valence-electron chi connectivity index (χ0n) is 18.9. The monoisotopic (exact) mass is 487 g/mol. The van der Waals surface area contributed by atoms with Gasteiger partial charge < -0.3 is 24.4 Å². The Balaban J connectivity index is 1.61. The van der Waals surface area contributed by atoms with E-state index >= 15 is 0 Å². The topological polar surface area (TPSA) is 97.4 Å². The molecule has 2 saturated heterocycles. The molecule has 4 rings (SSSR count). The van der Waals surface area contributed by atoms with Gasteiger partial charge in [-0.1, -0.05) is 12.7 Å². The molecule has 1 amide bonds. The van der Waals surface area contributed by atoms with Gasteiger partial charge in [-0.25, -0.2) is 8.42 Å². The number of ether oxygens (including phenoxy) is 3. The van der Waals surface area contributed by atoms with Crippen LogP contribution in [0.1, 0.15) is 10.4 Å². The minimum absolute atomic E-state index is 0.134. The van der Waals surface area contributed by atoms with Gasteiger partial charge in [0, 0.05) is 31.7 Å². The lowest BCUT2D eigenvalue weighted by atomic mass is 10.1. The molecule has 0 unspecified atom stereocenters. The van der Waals surface area contributed by atoms with Crippen molar-refractivity contribution in [3.05, 3.63) is 60.7 Å². The molecule has 2 aliphatic heterocycles. The summed E-state index contributed by atoms with van der Waals surface area (Å²) in [7, 11) is -3.71. The molecule has 2 aromatic rings. The van der Waals surface area contributed by atoms with Crippen LogP contribution >= 0.6 is 0 Å². The van der Waals surface area contributed by atoms with E-state index in [1.54, 1.807) is 42.5 Å². The zero-order chi connectivity index (χ0) is 24.0. The van der Waals surface area contributed by atoms with Crippen LogP contribution in [0.15, 0.2) is 60.0 Å². The largest absolute Gasteiger partial charge is 0.490 e. The predicted octanol–water partition coefficient (Wildman–Crippen LogP) is 2.36. The van der Waals surface area contributed by atoms with E-state index in [2.05, 4.69) is 16.8 Å². The van der Waals surface area contributed by atoms with Gasteiger partial charge in [-0.05, 0) is 42.5 Å². The van der Waals surface area contributed by atoms with E-state index in [1.165, 1.54) is 10.4 Å². The Labute approximate surface area is 199 Å². The molecular formula is C24H29N3O6S. The Morgan fingerprint density at radius 1 is 1.00 bits per heavy atom. The summed E-state index contributed by atoms with van der Waals surface area (Å²) in [6, 6.07) is 11.6. The third-order valence-corrected chi connectivity index (χ3v) is 7.55. The zero-order valence-corrected chi connectivity index (χ0v) is 19.8. The number of hydrogen-bond donors (Lipinski definition) is 1. The van der Waals surface area contributed by atoms with Crippen LogP contribution in [0, 0.1) is 0 Å². The van der Waals surface area contributed by atoms with Gasteiger partial charge >= 0.3 is 0 Å². The molecule has 9 nitrogen and oxygen atoms in total. The Morgan fingerprint density at radius 2 is 1.65 bits per heavy atom. The molecule has 182 valence electrons. The maximum Gasteiger partial charge on any atom is 0.255 e. The summed E-state index contributed by atoms with van der Waals surface area (Å²) in [6.45, 7) is 7.74. The van der Waals surface area contributed by atoms with Gasteiger partial charge in [0.15, 0.2) is 0 Å². The highest BCUT2D eigenvalue weighted by molar-refractivity contribution is 7.89. The summed E-state index contributed by atoms with van der Waals surface area (Å²) in [4.78, 5) is 15.3. The number of benzene rings is 2. The van der Waals surface area contributed by atoms with Crippen molar-refractivity contribution in [2.75, 3.05) is 69.4 Å². The summed E-state index contributed by atoms with van der Waals surface area (Å²) in [5, 5.41) is 2.92. The van der Waals surface area contributed by atoms with Crippen molar-refractivity contribution in [1.29, 1.82) is 0 Å². The number of carbonyl (C=O) groups excluding carboxylic acids is 1. The molecule has 2 heterocycles. The van der Waals surface area contributed by atoms with Crippen molar-refractivity contribution in [1.82, 2.24) is 4.31 Å². The number of morpholine rings is 2. The Bertz CT molecular complexity index is 1110. The van der Waals surface area contributed by atoms with Crippen LogP contribution in [0.4, 0.5) is 11.4 Å². The lowest BCUT2D eigenvalue weighted by molar-refractivity contribution is 0.0730. The van der Waals surface area contributed by atoms with E-state index in [-0.39, 0.29) is 10.8 Å². The SMILES string of the molecule is C=CCOc1ccc(C(=O)Nc2cc(S(=O)(=O)N3CCOCC3)ccc2N2CCOCC2)cc1. The van der Waals surface area contributed by atoms with Crippen LogP contribution in [0.25, 0.3) is 0 Å². The molecule has 1 N–H and O–H groups in total. The quantitative estimate of drug-likeness (QED) is 0.571. The second-order valence-corrected chi connectivity index (χ2v) is 9.81. The van der Waals surface area contributed by atoms with Crippen molar-refractivity contribution in [2.24, 2.45) is 0 Å². The molecular weight excluding hydrogens is 458 g/mol.